The third-order valence-electron chi connectivity index (χ3n) is 5.26. The number of ether oxygens (including phenoxy) is 1. The summed E-state index contributed by atoms with van der Waals surface area (Å²) in [6.45, 7) is 7.54. The summed E-state index contributed by atoms with van der Waals surface area (Å²) in [5, 5.41) is 6.20. The molecule has 0 aromatic rings. The number of nitrogens with zero attached hydrogens (tertiary/aromatic N) is 2. The molecule has 1 aliphatic heterocycles. The maximum Gasteiger partial charge on any atom is 0.315 e. The topological polar surface area (TPSA) is 56.8 Å². The van der Waals surface area contributed by atoms with Crippen LogP contribution < -0.4 is 10.6 Å². The maximum atomic E-state index is 12.2. The lowest BCUT2D eigenvalue weighted by Gasteiger charge is -2.38. The monoisotopic (exact) mass is 326 g/mol. The molecule has 6 heteroatoms. The molecule has 23 heavy (non-hydrogen) atoms. The molecule has 0 aromatic carbocycles. The molecule has 6 nitrogen and oxygen atoms in total. The number of nitrogens with one attached hydrogen (secondary N) is 2. The van der Waals surface area contributed by atoms with Crippen LogP contribution in [0.1, 0.15) is 39.5 Å². The van der Waals surface area contributed by atoms with Crippen molar-refractivity contribution < 1.29 is 9.53 Å². The minimum atomic E-state index is -0.0258. The van der Waals surface area contributed by atoms with Crippen LogP contribution in [0.15, 0.2) is 0 Å². The lowest BCUT2D eigenvalue weighted by Crippen LogP contribution is -2.54. The van der Waals surface area contributed by atoms with E-state index in [2.05, 4.69) is 48.4 Å². The molecule has 1 saturated heterocycles. The van der Waals surface area contributed by atoms with E-state index < -0.39 is 0 Å². The predicted octanol–water partition coefficient (Wildman–Crippen LogP) is 1.27. The quantitative estimate of drug-likeness (QED) is 0.799. The van der Waals surface area contributed by atoms with Gasteiger partial charge in [-0.15, -0.1) is 0 Å². The minimum absolute atomic E-state index is 0.0258. The molecule has 1 saturated carbocycles. The summed E-state index contributed by atoms with van der Waals surface area (Å²) in [5.41, 5.74) is 0. The van der Waals surface area contributed by atoms with Crippen molar-refractivity contribution in [2.75, 3.05) is 40.4 Å². The number of hydrogen-bond donors (Lipinski definition) is 2. The molecule has 2 aliphatic rings. The van der Waals surface area contributed by atoms with E-state index in [0.717, 1.165) is 32.6 Å². The van der Waals surface area contributed by atoms with E-state index in [4.69, 9.17) is 4.74 Å². The zero-order chi connectivity index (χ0) is 16.8. The van der Waals surface area contributed by atoms with Gasteiger partial charge in [0.15, 0.2) is 0 Å². The van der Waals surface area contributed by atoms with E-state index in [0.29, 0.717) is 30.7 Å². The van der Waals surface area contributed by atoms with E-state index in [1.165, 1.54) is 12.8 Å². The van der Waals surface area contributed by atoms with Gasteiger partial charge in [-0.1, -0.05) is 0 Å². The van der Waals surface area contributed by atoms with E-state index in [1.54, 1.807) is 0 Å². The van der Waals surface area contributed by atoms with Crippen molar-refractivity contribution in [2.45, 2.75) is 63.7 Å². The summed E-state index contributed by atoms with van der Waals surface area (Å²) in [6, 6.07) is 1.61. The zero-order valence-electron chi connectivity index (χ0n) is 15.2. The van der Waals surface area contributed by atoms with Gasteiger partial charge in [0.1, 0.15) is 0 Å². The first kappa shape index (κ1) is 18.5. The first-order valence-corrected chi connectivity index (χ1v) is 9.01. The predicted molar refractivity (Wildman–Crippen MR) is 92.7 cm³/mol. The first-order chi connectivity index (χ1) is 11.0. The van der Waals surface area contributed by atoms with Crippen LogP contribution in [0.2, 0.25) is 0 Å². The van der Waals surface area contributed by atoms with Crippen LogP contribution >= 0.6 is 0 Å². The highest BCUT2D eigenvalue weighted by molar-refractivity contribution is 5.74. The Balaban J connectivity index is 1.70. The van der Waals surface area contributed by atoms with Crippen LogP contribution in [0.5, 0.6) is 0 Å². The summed E-state index contributed by atoms with van der Waals surface area (Å²) in [6.07, 6.45) is 4.57. The number of hydrogen-bond acceptors (Lipinski definition) is 4. The second-order valence-corrected chi connectivity index (χ2v) is 7.35. The molecule has 134 valence electrons. The van der Waals surface area contributed by atoms with Gasteiger partial charge < -0.3 is 20.3 Å². The van der Waals surface area contributed by atoms with Crippen molar-refractivity contribution >= 4 is 6.03 Å². The number of amides is 2. The Bertz CT molecular complexity index is 378. The highest BCUT2D eigenvalue weighted by Gasteiger charge is 2.26. The van der Waals surface area contributed by atoms with Gasteiger partial charge in [0.05, 0.1) is 13.2 Å². The third-order valence-corrected chi connectivity index (χ3v) is 5.26. The number of morpholine rings is 1. The third kappa shape index (κ3) is 5.62. The number of carbonyl (C=O) groups excluding carboxylic acids is 1. The molecule has 4 atom stereocenters. The fourth-order valence-corrected chi connectivity index (χ4v) is 3.75. The highest BCUT2D eigenvalue weighted by atomic mass is 16.5. The lowest BCUT2D eigenvalue weighted by molar-refractivity contribution is -0.0176. The molecule has 0 radical (unpaired) electrons. The molecule has 0 aromatic heterocycles. The molecule has 0 spiro atoms. The standard InChI is InChI=1S/C17H34N4O2/c1-13(21-8-9-23-12-14(21)2)11-18-17(22)19-15-6-5-7-16(10-15)20(3)4/h13-16H,5-12H2,1-4H3,(H2,18,19,22)/t13-,14-,15-,16+/m1/s1. The Hall–Kier alpha value is -0.850. The number of urea groups is 1. The molecule has 1 aliphatic carbocycles. The van der Waals surface area contributed by atoms with E-state index in [-0.39, 0.29) is 6.03 Å². The molecule has 2 N–H and O–H groups in total. The number of rotatable bonds is 5. The molecule has 2 amide bonds. The average molecular weight is 326 g/mol. The second kappa shape index (κ2) is 8.85. The Kier molecular flexibility index (Phi) is 7.11. The van der Waals surface area contributed by atoms with Crippen molar-refractivity contribution in [2.24, 2.45) is 0 Å². The van der Waals surface area contributed by atoms with Crippen LogP contribution in [0.25, 0.3) is 0 Å². The fraction of sp³-hybridized carbons (Fsp3) is 0.941. The lowest BCUT2D eigenvalue weighted by atomic mass is 9.90. The van der Waals surface area contributed by atoms with E-state index in [9.17, 15) is 4.79 Å². The summed E-state index contributed by atoms with van der Waals surface area (Å²) in [5.74, 6) is 0. The fourth-order valence-electron chi connectivity index (χ4n) is 3.75. The highest BCUT2D eigenvalue weighted by Crippen LogP contribution is 2.21. The Morgan fingerprint density at radius 2 is 2.17 bits per heavy atom. The molecule has 1 heterocycles. The van der Waals surface area contributed by atoms with Gasteiger partial charge in [-0.25, -0.2) is 4.79 Å². The van der Waals surface area contributed by atoms with Gasteiger partial charge in [-0.3, -0.25) is 4.90 Å². The van der Waals surface area contributed by atoms with Gasteiger partial charge >= 0.3 is 6.03 Å². The van der Waals surface area contributed by atoms with Gasteiger partial charge in [0.25, 0.3) is 0 Å². The largest absolute Gasteiger partial charge is 0.379 e. The average Bonchev–Trinajstić information content (AvgIpc) is 2.53. The van der Waals surface area contributed by atoms with Gasteiger partial charge in [-0.05, 0) is 53.6 Å². The Labute approximate surface area is 140 Å². The van der Waals surface area contributed by atoms with Crippen LogP contribution in [0, 0.1) is 0 Å². The Morgan fingerprint density at radius 3 is 2.87 bits per heavy atom. The van der Waals surface area contributed by atoms with E-state index >= 15 is 0 Å². The van der Waals surface area contributed by atoms with Gasteiger partial charge in [-0.2, -0.15) is 0 Å². The van der Waals surface area contributed by atoms with Crippen molar-refractivity contribution in [3.05, 3.63) is 0 Å². The van der Waals surface area contributed by atoms with Gasteiger partial charge in [0, 0.05) is 37.3 Å². The minimum Gasteiger partial charge on any atom is -0.379 e. The summed E-state index contributed by atoms with van der Waals surface area (Å²) in [7, 11) is 4.25. The van der Waals surface area contributed by atoms with Crippen molar-refractivity contribution in [1.29, 1.82) is 0 Å². The van der Waals surface area contributed by atoms with Crippen molar-refractivity contribution in [1.82, 2.24) is 20.4 Å². The summed E-state index contributed by atoms with van der Waals surface area (Å²) < 4.78 is 5.47. The van der Waals surface area contributed by atoms with Crippen LogP contribution in [0.3, 0.4) is 0 Å². The van der Waals surface area contributed by atoms with Gasteiger partial charge in [0.2, 0.25) is 0 Å². The molecular formula is C17H34N4O2. The SMILES string of the molecule is C[C@H](CNC(=O)N[C@@H]1CCC[C@H](N(C)C)C1)N1CCOC[C@H]1C. The molecule has 2 fully saturated rings. The smallest absolute Gasteiger partial charge is 0.315 e. The Morgan fingerprint density at radius 1 is 1.39 bits per heavy atom. The van der Waals surface area contributed by atoms with Crippen LogP contribution in [-0.2, 0) is 4.74 Å². The van der Waals surface area contributed by atoms with Crippen molar-refractivity contribution in [3.8, 4) is 0 Å². The second-order valence-electron chi connectivity index (χ2n) is 7.35. The molecule has 2 rings (SSSR count). The first-order valence-electron chi connectivity index (χ1n) is 9.01. The zero-order valence-corrected chi connectivity index (χ0v) is 15.2. The van der Waals surface area contributed by atoms with Crippen LogP contribution in [0.4, 0.5) is 4.79 Å². The van der Waals surface area contributed by atoms with E-state index in [1.807, 2.05) is 0 Å². The molecule has 0 bridgehead atoms. The summed E-state index contributed by atoms with van der Waals surface area (Å²) >= 11 is 0. The normalized spacial score (nSPS) is 30.9. The maximum absolute atomic E-state index is 12.2. The van der Waals surface area contributed by atoms with Crippen molar-refractivity contribution in [3.63, 3.8) is 0 Å². The molecule has 0 unspecified atom stereocenters. The summed E-state index contributed by atoms with van der Waals surface area (Å²) in [4.78, 5) is 16.9. The van der Waals surface area contributed by atoms with Crippen LogP contribution in [-0.4, -0.2) is 80.4 Å². The number of carbonyl (C=O) groups is 1. The molecular weight excluding hydrogens is 292 g/mol.